The van der Waals surface area contributed by atoms with E-state index in [9.17, 15) is 22.0 Å². The Hall–Kier alpha value is 0.483. The molecular formula is C2ClF5Ge. The summed E-state index contributed by atoms with van der Waals surface area (Å²) in [4.78, 5) is 0. The minimum absolute atomic E-state index is 2.74. The molecule has 0 amide bonds. The molecule has 0 nitrogen and oxygen atoms in total. The van der Waals surface area contributed by atoms with Crippen molar-refractivity contribution in [3.8, 4) is 0 Å². The summed E-state index contributed by atoms with van der Waals surface area (Å²) in [6.07, 6.45) is -5.46. The van der Waals surface area contributed by atoms with E-state index in [1.54, 1.807) is 0 Å². The van der Waals surface area contributed by atoms with E-state index in [1.165, 1.54) is 0 Å². The van der Waals surface area contributed by atoms with Gasteiger partial charge in [-0.1, -0.05) is 0 Å². The second kappa shape index (κ2) is 2.61. The molecule has 0 bridgehead atoms. The summed E-state index contributed by atoms with van der Waals surface area (Å²) in [6.45, 7) is 0. The number of hydrogen-bond acceptors (Lipinski definition) is 0. The fourth-order valence-electron chi connectivity index (χ4n) is 0.0536. The molecule has 2 radical (unpaired) electrons. The molecule has 0 aromatic rings. The SMILES string of the molecule is FC(F)(F)[C](F)(F)[Ge][Cl]. The molecule has 0 saturated heterocycles. The van der Waals surface area contributed by atoms with Crippen molar-refractivity contribution in [1.29, 1.82) is 0 Å². The molecule has 0 spiro atoms. The Kier molecular flexibility index (Phi) is 2.75. The molecule has 7 heteroatoms. The summed E-state index contributed by atoms with van der Waals surface area (Å²) >= 11 is -2.74. The predicted molar refractivity (Wildman–Crippen MR) is 22.6 cm³/mol. The fourth-order valence-corrected chi connectivity index (χ4v) is 0.835. The van der Waals surface area contributed by atoms with Crippen molar-refractivity contribution in [3.05, 3.63) is 0 Å². The van der Waals surface area contributed by atoms with Crippen molar-refractivity contribution in [2.45, 2.75) is 10.9 Å². The quantitative estimate of drug-likeness (QED) is 0.474. The van der Waals surface area contributed by atoms with Crippen LogP contribution in [0.25, 0.3) is 0 Å². The van der Waals surface area contributed by atoms with Crippen LogP contribution < -0.4 is 0 Å². The molecule has 0 aromatic carbocycles. The van der Waals surface area contributed by atoms with E-state index in [-0.39, 0.29) is 0 Å². The molecule has 9 heavy (non-hydrogen) atoms. The van der Waals surface area contributed by atoms with E-state index >= 15 is 0 Å². The second-order valence-corrected chi connectivity index (χ2v) is 3.86. The van der Waals surface area contributed by atoms with Crippen LogP contribution in [0.5, 0.6) is 0 Å². The van der Waals surface area contributed by atoms with Crippen LogP contribution in [0.15, 0.2) is 0 Å². The third kappa shape index (κ3) is 2.29. The van der Waals surface area contributed by atoms with Gasteiger partial charge in [0.05, 0.1) is 0 Å². The average molecular weight is 227 g/mol. The molecule has 0 atom stereocenters. The Morgan fingerprint density at radius 2 is 1.33 bits per heavy atom. The van der Waals surface area contributed by atoms with Gasteiger partial charge in [-0.05, 0) is 0 Å². The Morgan fingerprint density at radius 1 is 1.00 bits per heavy atom. The third-order valence-electron chi connectivity index (χ3n) is 0.475. The monoisotopic (exact) mass is 228 g/mol. The van der Waals surface area contributed by atoms with Gasteiger partial charge in [0.15, 0.2) is 0 Å². The molecule has 0 aliphatic carbocycles. The van der Waals surface area contributed by atoms with Gasteiger partial charge in [0, 0.05) is 0 Å². The van der Waals surface area contributed by atoms with Crippen molar-refractivity contribution < 1.29 is 22.0 Å². The van der Waals surface area contributed by atoms with E-state index in [0.717, 1.165) is 0 Å². The van der Waals surface area contributed by atoms with Crippen molar-refractivity contribution in [2.75, 3.05) is 0 Å². The average Bonchev–Trinajstić information content (AvgIpc) is 1.64. The number of alkyl halides is 5. The van der Waals surface area contributed by atoms with Crippen LogP contribution in [0.1, 0.15) is 0 Å². The van der Waals surface area contributed by atoms with Gasteiger partial charge >= 0.3 is 57.4 Å². The van der Waals surface area contributed by atoms with Crippen LogP contribution in [0.2, 0.25) is 0 Å². The molecular weight excluding hydrogens is 227 g/mol. The van der Waals surface area contributed by atoms with Crippen molar-refractivity contribution in [3.63, 3.8) is 0 Å². The van der Waals surface area contributed by atoms with E-state index in [0.29, 0.717) is 0 Å². The molecule has 0 fully saturated rings. The summed E-state index contributed by atoms with van der Waals surface area (Å²) in [7, 11) is 4.43. The number of hydrogen-bond donors (Lipinski definition) is 0. The van der Waals surface area contributed by atoms with Gasteiger partial charge in [0.2, 0.25) is 0 Å². The van der Waals surface area contributed by atoms with E-state index in [2.05, 4.69) is 10.0 Å². The summed E-state index contributed by atoms with van der Waals surface area (Å²) < 4.78 is 51.4. The zero-order chi connectivity index (χ0) is 7.71. The minimum atomic E-state index is -5.46. The number of rotatable bonds is 1. The van der Waals surface area contributed by atoms with E-state index in [4.69, 9.17) is 0 Å². The normalized spacial score (nSPS) is 14.0. The Labute approximate surface area is 58.0 Å². The zero-order valence-electron chi connectivity index (χ0n) is 3.77. The first-order valence-corrected chi connectivity index (χ1v) is 5.44. The summed E-state index contributed by atoms with van der Waals surface area (Å²) in [6, 6.07) is 0. The van der Waals surface area contributed by atoms with Gasteiger partial charge in [-0.15, -0.1) is 0 Å². The summed E-state index contributed by atoms with van der Waals surface area (Å²) in [5, 5.41) is 0. The first-order valence-electron chi connectivity index (χ1n) is 1.63. The molecule has 0 rings (SSSR count). The van der Waals surface area contributed by atoms with Gasteiger partial charge in [-0.25, -0.2) is 0 Å². The third-order valence-corrected chi connectivity index (χ3v) is 2.80. The first-order chi connectivity index (χ1) is 3.81. The first kappa shape index (κ1) is 9.48. The summed E-state index contributed by atoms with van der Waals surface area (Å²) in [5.74, 6) is 0. The van der Waals surface area contributed by atoms with Crippen LogP contribution in [0.3, 0.4) is 0 Å². The van der Waals surface area contributed by atoms with Crippen molar-refractivity contribution in [2.24, 2.45) is 0 Å². The predicted octanol–water partition coefficient (Wildman–Crippen LogP) is 2.00. The fraction of sp³-hybridized carbons (Fsp3) is 1.00. The van der Waals surface area contributed by atoms with Gasteiger partial charge in [-0.3, -0.25) is 0 Å². The van der Waals surface area contributed by atoms with Crippen LogP contribution >= 0.6 is 10.0 Å². The topological polar surface area (TPSA) is 0 Å². The Morgan fingerprint density at radius 3 is 1.33 bits per heavy atom. The maximum atomic E-state index is 11.5. The van der Waals surface area contributed by atoms with Crippen LogP contribution in [0.4, 0.5) is 22.0 Å². The maximum absolute atomic E-state index is 11.5. The van der Waals surface area contributed by atoms with E-state index in [1.807, 2.05) is 0 Å². The molecule has 0 heterocycles. The Bertz CT molecular complexity index is 97.6. The molecule has 0 aliphatic rings. The number of halogens is 6. The van der Waals surface area contributed by atoms with Crippen LogP contribution in [0, 0.1) is 0 Å². The molecule has 0 aliphatic heterocycles. The van der Waals surface area contributed by atoms with Gasteiger partial charge in [0.25, 0.3) is 0 Å². The van der Waals surface area contributed by atoms with E-state index < -0.39 is 25.4 Å². The molecule has 0 saturated carbocycles. The molecule has 0 N–H and O–H groups in total. The summed E-state index contributed by atoms with van der Waals surface area (Å²) in [5.41, 5.74) is 0. The van der Waals surface area contributed by atoms with Crippen LogP contribution in [-0.2, 0) is 0 Å². The van der Waals surface area contributed by atoms with Gasteiger partial charge in [-0.2, -0.15) is 0 Å². The van der Waals surface area contributed by atoms with Gasteiger partial charge in [0.1, 0.15) is 0 Å². The standard InChI is InChI=1S/C2ClF5Ge/c3-9-2(7,8)1(4,5)6. The van der Waals surface area contributed by atoms with Crippen molar-refractivity contribution >= 4 is 24.5 Å². The second-order valence-electron chi connectivity index (χ2n) is 1.17. The van der Waals surface area contributed by atoms with Crippen molar-refractivity contribution in [1.82, 2.24) is 0 Å². The molecule has 0 unspecified atom stereocenters. The molecule has 0 aromatic heterocycles. The zero-order valence-corrected chi connectivity index (χ0v) is 6.62. The molecule has 54 valence electrons. The van der Waals surface area contributed by atoms with Crippen LogP contribution in [-0.4, -0.2) is 25.4 Å². The Balaban J connectivity index is 4.14. The van der Waals surface area contributed by atoms with Gasteiger partial charge < -0.3 is 0 Å².